The van der Waals surface area contributed by atoms with Crippen LogP contribution in [0, 0.1) is 5.41 Å². The number of methoxy groups -OCH3 is 1. The van der Waals surface area contributed by atoms with Crippen molar-refractivity contribution in [2.75, 3.05) is 20.2 Å². The Morgan fingerprint density at radius 2 is 1.94 bits per heavy atom. The van der Waals surface area contributed by atoms with Gasteiger partial charge in [-0.2, -0.15) is 0 Å². The van der Waals surface area contributed by atoms with E-state index in [1.165, 1.54) is 14.0 Å². The summed E-state index contributed by atoms with van der Waals surface area (Å²) in [6.45, 7) is 6.66. The predicted octanol–water partition coefficient (Wildman–Crippen LogP) is 3.92. The Bertz CT molecular complexity index is 929. The Morgan fingerprint density at radius 3 is 2.52 bits per heavy atom. The molecule has 0 saturated carbocycles. The number of esters is 1. The van der Waals surface area contributed by atoms with Crippen molar-refractivity contribution in [3.8, 4) is 11.5 Å². The van der Waals surface area contributed by atoms with Gasteiger partial charge in [0.25, 0.3) is 5.91 Å². The highest BCUT2D eigenvalue weighted by atomic mass is 16.5. The van der Waals surface area contributed by atoms with Crippen molar-refractivity contribution in [1.82, 2.24) is 4.90 Å². The molecule has 0 aliphatic carbocycles. The molecule has 2 aromatic rings. The van der Waals surface area contributed by atoms with Crippen LogP contribution in [0.5, 0.6) is 11.5 Å². The van der Waals surface area contributed by atoms with Gasteiger partial charge in [0.2, 0.25) is 0 Å². The first-order chi connectivity index (χ1) is 14.8. The molecule has 1 amide bonds. The van der Waals surface area contributed by atoms with Gasteiger partial charge >= 0.3 is 5.97 Å². The van der Waals surface area contributed by atoms with Crippen molar-refractivity contribution < 1.29 is 24.2 Å². The lowest BCUT2D eigenvalue weighted by Gasteiger charge is -2.29. The first kappa shape index (κ1) is 22.7. The van der Waals surface area contributed by atoms with E-state index >= 15 is 0 Å². The summed E-state index contributed by atoms with van der Waals surface area (Å²) < 4.78 is 10.6. The fraction of sp³-hybridized carbons (Fsp3) is 0.440. The Labute approximate surface area is 183 Å². The summed E-state index contributed by atoms with van der Waals surface area (Å²) in [6.07, 6.45) is 0.349. The molecule has 6 heteroatoms. The molecule has 0 aromatic heterocycles. The fourth-order valence-corrected chi connectivity index (χ4v) is 4.42. The standard InChI is InChI=1S/C25H31NO5/c1-5-25(3)16-26(15-20(25)19-11-12-22(30-4)21(28)14-19)24(29)23(31-17(2)27)13-18-9-7-6-8-10-18/h6-12,14,20,23,28H,5,13,15-16H2,1-4H3. The van der Waals surface area contributed by atoms with Crippen molar-refractivity contribution in [3.63, 3.8) is 0 Å². The van der Waals surface area contributed by atoms with Crippen LogP contribution in [-0.2, 0) is 20.7 Å². The minimum absolute atomic E-state index is 0.0490. The van der Waals surface area contributed by atoms with Gasteiger partial charge < -0.3 is 19.5 Å². The molecule has 1 saturated heterocycles. The maximum absolute atomic E-state index is 13.4. The topological polar surface area (TPSA) is 76.1 Å². The van der Waals surface area contributed by atoms with Crippen molar-refractivity contribution in [1.29, 1.82) is 0 Å². The predicted molar refractivity (Wildman–Crippen MR) is 118 cm³/mol. The molecule has 31 heavy (non-hydrogen) atoms. The number of likely N-dealkylation sites (tertiary alicyclic amines) is 1. The monoisotopic (exact) mass is 425 g/mol. The van der Waals surface area contributed by atoms with Crippen LogP contribution in [0.4, 0.5) is 0 Å². The van der Waals surface area contributed by atoms with Crippen molar-refractivity contribution >= 4 is 11.9 Å². The smallest absolute Gasteiger partial charge is 0.303 e. The molecule has 0 spiro atoms. The highest BCUT2D eigenvalue weighted by Gasteiger charge is 2.45. The maximum atomic E-state index is 13.4. The van der Waals surface area contributed by atoms with E-state index < -0.39 is 12.1 Å². The van der Waals surface area contributed by atoms with E-state index in [9.17, 15) is 14.7 Å². The third kappa shape index (κ3) is 5.01. The van der Waals surface area contributed by atoms with Gasteiger partial charge in [-0.3, -0.25) is 9.59 Å². The van der Waals surface area contributed by atoms with Crippen LogP contribution >= 0.6 is 0 Å². The van der Waals surface area contributed by atoms with Gasteiger partial charge in [0.15, 0.2) is 17.6 Å². The molecule has 166 valence electrons. The SMILES string of the molecule is CCC1(C)CN(C(=O)C(Cc2ccccc2)OC(C)=O)CC1c1ccc(OC)c(O)c1. The van der Waals surface area contributed by atoms with Crippen LogP contribution in [0.3, 0.4) is 0 Å². The summed E-state index contributed by atoms with van der Waals surface area (Å²) in [6, 6.07) is 15.0. The number of phenols is 1. The molecule has 6 nitrogen and oxygen atoms in total. The summed E-state index contributed by atoms with van der Waals surface area (Å²) in [5.41, 5.74) is 1.74. The molecule has 1 heterocycles. The maximum Gasteiger partial charge on any atom is 0.303 e. The average molecular weight is 426 g/mol. The second-order valence-corrected chi connectivity index (χ2v) is 8.50. The lowest BCUT2D eigenvalue weighted by molar-refractivity contribution is -0.158. The zero-order valence-corrected chi connectivity index (χ0v) is 18.6. The van der Waals surface area contributed by atoms with Crippen LogP contribution < -0.4 is 4.74 Å². The van der Waals surface area contributed by atoms with Gasteiger partial charge in [0.1, 0.15) is 0 Å². The normalized spacial score (nSPS) is 21.5. The molecular formula is C25H31NO5. The zero-order chi connectivity index (χ0) is 22.6. The molecule has 1 N–H and O–H groups in total. The summed E-state index contributed by atoms with van der Waals surface area (Å²) in [4.78, 5) is 26.9. The Kier molecular flexibility index (Phi) is 6.88. The molecule has 1 fully saturated rings. The first-order valence-corrected chi connectivity index (χ1v) is 10.6. The van der Waals surface area contributed by atoms with E-state index in [1.54, 1.807) is 17.0 Å². The lowest BCUT2D eigenvalue weighted by atomic mass is 9.74. The number of hydrogen-bond donors (Lipinski definition) is 1. The highest BCUT2D eigenvalue weighted by Crippen LogP contribution is 2.46. The molecule has 0 bridgehead atoms. The number of ether oxygens (including phenoxy) is 2. The van der Waals surface area contributed by atoms with Gasteiger partial charge in [0.05, 0.1) is 7.11 Å². The number of nitrogens with zero attached hydrogens (tertiary/aromatic N) is 1. The third-order valence-corrected chi connectivity index (χ3v) is 6.37. The van der Waals surface area contributed by atoms with Crippen molar-refractivity contribution in [2.45, 2.75) is 45.6 Å². The molecule has 3 rings (SSSR count). The van der Waals surface area contributed by atoms with Gasteiger partial charge in [-0.15, -0.1) is 0 Å². The Morgan fingerprint density at radius 1 is 1.23 bits per heavy atom. The molecule has 0 radical (unpaired) electrons. The van der Waals surface area contributed by atoms with Gasteiger partial charge in [0, 0.05) is 32.4 Å². The minimum atomic E-state index is -0.857. The molecular weight excluding hydrogens is 394 g/mol. The van der Waals surface area contributed by atoms with Gasteiger partial charge in [-0.25, -0.2) is 0 Å². The molecule has 1 aliphatic heterocycles. The largest absolute Gasteiger partial charge is 0.504 e. The van der Waals surface area contributed by atoms with E-state index in [0.717, 1.165) is 17.5 Å². The van der Waals surface area contributed by atoms with E-state index in [4.69, 9.17) is 9.47 Å². The lowest BCUT2D eigenvalue weighted by Crippen LogP contribution is -2.42. The zero-order valence-electron chi connectivity index (χ0n) is 18.6. The number of aromatic hydroxyl groups is 1. The number of phenolic OH excluding ortho intramolecular Hbond substituents is 1. The van der Waals surface area contributed by atoms with Crippen molar-refractivity contribution in [3.05, 3.63) is 59.7 Å². The average Bonchev–Trinajstić information content (AvgIpc) is 3.11. The quantitative estimate of drug-likeness (QED) is 0.681. The van der Waals surface area contributed by atoms with E-state index in [2.05, 4.69) is 13.8 Å². The molecule has 2 aromatic carbocycles. The summed E-state index contributed by atoms with van der Waals surface area (Å²) in [5.74, 6) is -0.0916. The second-order valence-electron chi connectivity index (χ2n) is 8.50. The number of benzene rings is 2. The summed E-state index contributed by atoms with van der Waals surface area (Å²) in [7, 11) is 1.52. The number of rotatable bonds is 7. The summed E-state index contributed by atoms with van der Waals surface area (Å²) in [5, 5.41) is 10.3. The second kappa shape index (κ2) is 9.41. The highest BCUT2D eigenvalue weighted by molar-refractivity contribution is 5.84. The molecule has 3 atom stereocenters. The number of carbonyl (C=O) groups excluding carboxylic acids is 2. The molecule has 3 unspecified atom stereocenters. The van der Waals surface area contributed by atoms with E-state index in [1.807, 2.05) is 36.4 Å². The number of amides is 1. The number of hydrogen-bond acceptors (Lipinski definition) is 5. The van der Waals surface area contributed by atoms with Crippen LogP contribution in [0.25, 0.3) is 0 Å². The van der Waals surface area contributed by atoms with Gasteiger partial charge in [-0.05, 0) is 35.1 Å². The Balaban J connectivity index is 1.84. The van der Waals surface area contributed by atoms with Gasteiger partial charge in [-0.1, -0.05) is 50.2 Å². The first-order valence-electron chi connectivity index (χ1n) is 10.6. The van der Waals surface area contributed by atoms with Crippen LogP contribution in [-0.4, -0.2) is 48.2 Å². The number of carbonyl (C=O) groups is 2. The van der Waals surface area contributed by atoms with E-state index in [-0.39, 0.29) is 23.0 Å². The van der Waals surface area contributed by atoms with E-state index in [0.29, 0.717) is 25.3 Å². The van der Waals surface area contributed by atoms with Crippen LogP contribution in [0.15, 0.2) is 48.5 Å². The Hall–Kier alpha value is -3.02. The van der Waals surface area contributed by atoms with Crippen molar-refractivity contribution in [2.24, 2.45) is 5.41 Å². The molecule has 1 aliphatic rings. The van der Waals surface area contributed by atoms with Crippen LogP contribution in [0.1, 0.15) is 44.2 Å². The minimum Gasteiger partial charge on any atom is -0.504 e. The van der Waals surface area contributed by atoms with Crippen LogP contribution in [0.2, 0.25) is 0 Å². The third-order valence-electron chi connectivity index (χ3n) is 6.37. The summed E-state index contributed by atoms with van der Waals surface area (Å²) >= 11 is 0. The fourth-order valence-electron chi connectivity index (χ4n) is 4.42.